The van der Waals surface area contributed by atoms with E-state index in [4.69, 9.17) is 5.84 Å². The second-order valence-corrected chi connectivity index (χ2v) is 10.00. The van der Waals surface area contributed by atoms with Crippen molar-refractivity contribution >= 4 is 28.5 Å². The number of benzene rings is 2. The third kappa shape index (κ3) is 6.93. The fraction of sp³-hybridized carbons (Fsp3) is 0.357. The van der Waals surface area contributed by atoms with Crippen molar-refractivity contribution in [2.24, 2.45) is 12.9 Å². The molecule has 4 rings (SSSR count). The standard InChI is InChI=1S/C28H34F3N7O2/c1-18-6-7-21(12-26(18)38(32)17-19(2)25-16-33-36(5)20(25)3)27(39)34-22-13-23(37-10-8-35(4)9-11-37)15-24(14-22)40-28(29,30)31/h6-7,12-17H,8-11,32H2,1-5H3,(H,34,39)/b19-17+. The van der Waals surface area contributed by atoms with Crippen LogP contribution in [0.15, 0.2) is 48.8 Å². The lowest BCUT2D eigenvalue weighted by molar-refractivity contribution is -0.274. The number of carbonyl (C=O) groups is 1. The SMILES string of the molecule is C/C(=C\N(N)c1cc(C(=O)Nc2cc(OC(F)(F)F)cc(N3CCN(C)CC3)c2)ccc1C)c1cnn(C)c1C. The summed E-state index contributed by atoms with van der Waals surface area (Å²) >= 11 is 0. The van der Waals surface area contributed by atoms with Crippen molar-refractivity contribution in [3.8, 4) is 5.75 Å². The molecule has 1 fully saturated rings. The Morgan fingerprint density at radius 3 is 2.42 bits per heavy atom. The number of ether oxygens (including phenoxy) is 1. The number of carbonyl (C=O) groups excluding carboxylic acids is 1. The molecule has 0 saturated carbocycles. The molecule has 0 atom stereocenters. The highest BCUT2D eigenvalue weighted by Crippen LogP contribution is 2.32. The average Bonchev–Trinajstić information content (AvgIpc) is 3.21. The van der Waals surface area contributed by atoms with Crippen LogP contribution in [0, 0.1) is 13.8 Å². The van der Waals surface area contributed by atoms with Crippen LogP contribution in [0.25, 0.3) is 5.57 Å². The maximum Gasteiger partial charge on any atom is 0.573 e. The summed E-state index contributed by atoms with van der Waals surface area (Å²) in [4.78, 5) is 17.3. The summed E-state index contributed by atoms with van der Waals surface area (Å²) < 4.78 is 45.1. The number of aryl methyl sites for hydroxylation is 2. The number of nitrogens with two attached hydrogens (primary N) is 1. The van der Waals surface area contributed by atoms with Gasteiger partial charge >= 0.3 is 6.36 Å². The minimum atomic E-state index is -4.86. The van der Waals surface area contributed by atoms with Gasteiger partial charge in [0.1, 0.15) is 5.75 Å². The molecule has 1 aromatic heterocycles. The zero-order valence-corrected chi connectivity index (χ0v) is 23.2. The highest BCUT2D eigenvalue weighted by molar-refractivity contribution is 6.05. The monoisotopic (exact) mass is 557 g/mol. The zero-order chi connectivity index (χ0) is 29.2. The smallest absolute Gasteiger partial charge is 0.406 e. The van der Waals surface area contributed by atoms with Gasteiger partial charge in [0, 0.05) is 79.8 Å². The van der Waals surface area contributed by atoms with Crippen molar-refractivity contribution in [1.29, 1.82) is 0 Å². The number of amides is 1. The largest absolute Gasteiger partial charge is 0.573 e. The van der Waals surface area contributed by atoms with E-state index in [-0.39, 0.29) is 5.69 Å². The lowest BCUT2D eigenvalue weighted by atomic mass is 10.1. The van der Waals surface area contributed by atoms with Gasteiger partial charge in [0.25, 0.3) is 5.91 Å². The first-order chi connectivity index (χ1) is 18.8. The van der Waals surface area contributed by atoms with E-state index < -0.39 is 18.0 Å². The van der Waals surface area contributed by atoms with Crippen LogP contribution in [0.1, 0.15) is 34.1 Å². The molecule has 12 heteroatoms. The summed E-state index contributed by atoms with van der Waals surface area (Å²) in [6, 6.07) is 9.20. The summed E-state index contributed by atoms with van der Waals surface area (Å²) in [6.07, 6.45) is -1.34. The number of hydrazine groups is 1. The van der Waals surface area contributed by atoms with Gasteiger partial charge in [0.15, 0.2) is 0 Å². The fourth-order valence-electron chi connectivity index (χ4n) is 4.56. The Bertz CT molecular complexity index is 1410. The maximum atomic E-state index is 13.2. The van der Waals surface area contributed by atoms with E-state index >= 15 is 0 Å². The number of halogens is 3. The molecule has 2 aromatic carbocycles. The van der Waals surface area contributed by atoms with E-state index in [1.54, 1.807) is 41.3 Å². The predicted octanol–water partition coefficient (Wildman–Crippen LogP) is 4.68. The number of rotatable bonds is 7. The Labute approximate surface area is 231 Å². The average molecular weight is 558 g/mol. The molecule has 0 bridgehead atoms. The quantitative estimate of drug-likeness (QED) is 0.322. The predicted molar refractivity (Wildman–Crippen MR) is 150 cm³/mol. The molecular weight excluding hydrogens is 523 g/mol. The lowest BCUT2D eigenvalue weighted by Crippen LogP contribution is -2.44. The Morgan fingerprint density at radius 1 is 1.10 bits per heavy atom. The summed E-state index contributed by atoms with van der Waals surface area (Å²) in [6.45, 7) is 8.56. The highest BCUT2D eigenvalue weighted by Gasteiger charge is 2.32. The van der Waals surface area contributed by atoms with E-state index in [0.29, 0.717) is 30.0 Å². The summed E-state index contributed by atoms with van der Waals surface area (Å²) in [5.41, 5.74) is 5.28. The first kappa shape index (κ1) is 29.0. The Kier molecular flexibility index (Phi) is 8.40. The lowest BCUT2D eigenvalue weighted by Gasteiger charge is -2.34. The molecule has 40 heavy (non-hydrogen) atoms. The third-order valence-corrected chi connectivity index (χ3v) is 6.99. The molecular formula is C28H34F3N7O2. The number of alkyl halides is 3. The normalized spacial score (nSPS) is 14.8. The van der Waals surface area contributed by atoms with Crippen LogP contribution >= 0.6 is 0 Å². The third-order valence-electron chi connectivity index (χ3n) is 6.99. The Balaban J connectivity index is 1.58. The van der Waals surface area contributed by atoms with Crippen LogP contribution in [-0.2, 0) is 7.05 Å². The Morgan fingerprint density at radius 2 is 1.80 bits per heavy atom. The van der Waals surface area contributed by atoms with Crippen molar-refractivity contribution in [2.75, 3.05) is 48.5 Å². The van der Waals surface area contributed by atoms with Gasteiger partial charge < -0.3 is 19.9 Å². The second kappa shape index (κ2) is 11.6. The molecule has 3 aromatic rings. The zero-order valence-electron chi connectivity index (χ0n) is 23.2. The van der Waals surface area contributed by atoms with E-state index in [2.05, 4.69) is 20.1 Å². The molecule has 9 nitrogen and oxygen atoms in total. The van der Waals surface area contributed by atoms with Gasteiger partial charge in [0.2, 0.25) is 0 Å². The highest BCUT2D eigenvalue weighted by atomic mass is 19.4. The van der Waals surface area contributed by atoms with Crippen LogP contribution in [0.2, 0.25) is 0 Å². The molecule has 0 spiro atoms. The summed E-state index contributed by atoms with van der Waals surface area (Å²) in [5.74, 6) is 5.48. The van der Waals surface area contributed by atoms with E-state index in [1.807, 2.05) is 39.8 Å². The number of piperazine rings is 1. The van der Waals surface area contributed by atoms with Crippen molar-refractivity contribution in [1.82, 2.24) is 14.7 Å². The van der Waals surface area contributed by atoms with Crippen molar-refractivity contribution < 1.29 is 22.7 Å². The number of anilines is 3. The van der Waals surface area contributed by atoms with Crippen LogP contribution in [-0.4, -0.2) is 60.2 Å². The summed E-state index contributed by atoms with van der Waals surface area (Å²) in [7, 11) is 3.85. The molecule has 1 saturated heterocycles. The number of nitrogens with one attached hydrogen (secondary N) is 1. The van der Waals surface area contributed by atoms with Crippen LogP contribution < -0.4 is 25.8 Å². The second-order valence-electron chi connectivity index (χ2n) is 10.00. The molecule has 2 heterocycles. The molecule has 0 radical (unpaired) electrons. The molecule has 0 aliphatic carbocycles. The number of hydrogen-bond donors (Lipinski definition) is 2. The minimum Gasteiger partial charge on any atom is -0.406 e. The van der Waals surface area contributed by atoms with Crippen molar-refractivity contribution in [3.63, 3.8) is 0 Å². The van der Waals surface area contributed by atoms with Gasteiger partial charge in [-0.1, -0.05) is 6.07 Å². The number of hydrogen-bond acceptors (Lipinski definition) is 7. The number of aromatic nitrogens is 2. The van der Waals surface area contributed by atoms with Gasteiger partial charge in [0.05, 0.1) is 11.9 Å². The van der Waals surface area contributed by atoms with Crippen molar-refractivity contribution in [2.45, 2.75) is 27.1 Å². The van der Waals surface area contributed by atoms with Crippen LogP contribution in [0.5, 0.6) is 5.75 Å². The molecule has 3 N–H and O–H groups in total. The van der Waals surface area contributed by atoms with E-state index in [9.17, 15) is 18.0 Å². The maximum absolute atomic E-state index is 13.2. The molecule has 1 amide bonds. The van der Waals surface area contributed by atoms with Gasteiger partial charge in [-0.25, -0.2) is 5.84 Å². The fourth-order valence-corrected chi connectivity index (χ4v) is 4.56. The number of allylic oxidation sites excluding steroid dienone is 1. The molecule has 1 aliphatic rings. The van der Waals surface area contributed by atoms with Gasteiger partial charge in [-0.15, -0.1) is 13.2 Å². The van der Waals surface area contributed by atoms with Gasteiger partial charge in [-0.3, -0.25) is 14.5 Å². The minimum absolute atomic E-state index is 0.190. The van der Waals surface area contributed by atoms with Gasteiger partial charge in [-0.05, 0) is 57.2 Å². The van der Waals surface area contributed by atoms with Crippen molar-refractivity contribution in [3.05, 3.63) is 71.2 Å². The van der Waals surface area contributed by atoms with E-state index in [1.165, 1.54) is 11.1 Å². The van der Waals surface area contributed by atoms with E-state index in [0.717, 1.165) is 41.5 Å². The molecule has 214 valence electrons. The van der Waals surface area contributed by atoms with Gasteiger partial charge in [-0.2, -0.15) is 5.10 Å². The molecule has 0 unspecified atom stereocenters. The summed E-state index contributed by atoms with van der Waals surface area (Å²) in [5, 5.41) is 8.43. The topological polar surface area (TPSA) is 91.9 Å². The first-order valence-corrected chi connectivity index (χ1v) is 12.8. The van der Waals surface area contributed by atoms with Crippen LogP contribution in [0.3, 0.4) is 0 Å². The first-order valence-electron chi connectivity index (χ1n) is 12.8. The number of nitrogens with zero attached hydrogens (tertiary/aromatic N) is 5. The Hall–Kier alpha value is -4.03. The molecule has 1 aliphatic heterocycles. The number of likely N-dealkylation sites (N-methyl/N-ethyl adjacent to an activating group) is 1. The van der Waals surface area contributed by atoms with Crippen LogP contribution in [0.4, 0.5) is 30.2 Å².